The van der Waals surface area contributed by atoms with Crippen LogP contribution in [0, 0.1) is 25.2 Å². The molecule has 0 aliphatic carbocycles. The predicted molar refractivity (Wildman–Crippen MR) is 96.3 cm³/mol. The van der Waals surface area contributed by atoms with E-state index in [1.807, 2.05) is 39.1 Å². The summed E-state index contributed by atoms with van der Waals surface area (Å²) in [6.45, 7) is 4.42. The van der Waals surface area contributed by atoms with Gasteiger partial charge in [-0.1, -0.05) is 17.7 Å². The van der Waals surface area contributed by atoms with E-state index < -0.39 is 0 Å². The largest absolute Gasteiger partial charge is 0.367 e. The van der Waals surface area contributed by atoms with E-state index in [1.165, 1.54) is 10.9 Å². The van der Waals surface area contributed by atoms with Gasteiger partial charge in [0, 0.05) is 35.7 Å². The highest BCUT2D eigenvalue weighted by atomic mass is 35.5. The number of benzene rings is 1. The fourth-order valence-electron chi connectivity index (χ4n) is 2.82. The molecular formula is C18H18ClN5. The maximum Gasteiger partial charge on any atom is 0.166 e. The Morgan fingerprint density at radius 1 is 1.29 bits per heavy atom. The summed E-state index contributed by atoms with van der Waals surface area (Å²) < 4.78 is 2.08. The van der Waals surface area contributed by atoms with Crippen molar-refractivity contribution in [3.05, 3.63) is 51.8 Å². The van der Waals surface area contributed by atoms with E-state index in [0.29, 0.717) is 17.9 Å². The summed E-state index contributed by atoms with van der Waals surface area (Å²) in [6.07, 6.45) is 2.93. The van der Waals surface area contributed by atoms with Gasteiger partial charge in [0.2, 0.25) is 0 Å². The van der Waals surface area contributed by atoms with Gasteiger partial charge < -0.3 is 9.88 Å². The van der Waals surface area contributed by atoms with Crippen LogP contribution in [-0.2, 0) is 13.5 Å². The average molecular weight is 340 g/mol. The topological polar surface area (TPSA) is 66.5 Å². The first kappa shape index (κ1) is 16.3. The van der Waals surface area contributed by atoms with Crippen molar-refractivity contribution in [2.75, 3.05) is 11.9 Å². The molecule has 0 unspecified atom stereocenters. The van der Waals surface area contributed by atoms with Crippen molar-refractivity contribution in [1.82, 2.24) is 14.8 Å². The van der Waals surface area contributed by atoms with E-state index in [2.05, 4.69) is 32.3 Å². The number of nitrogens with one attached hydrogen (secondary N) is 1. The highest BCUT2D eigenvalue weighted by Crippen LogP contribution is 2.24. The third-order valence-corrected chi connectivity index (χ3v) is 4.52. The summed E-state index contributed by atoms with van der Waals surface area (Å²) in [4.78, 5) is 0. The fourth-order valence-corrected chi connectivity index (χ4v) is 2.99. The lowest BCUT2D eigenvalue weighted by Gasteiger charge is -2.09. The Kier molecular flexibility index (Phi) is 4.41. The van der Waals surface area contributed by atoms with Crippen LogP contribution in [0.5, 0.6) is 0 Å². The van der Waals surface area contributed by atoms with Gasteiger partial charge in [-0.05, 0) is 43.5 Å². The van der Waals surface area contributed by atoms with Crippen LogP contribution in [0.25, 0.3) is 10.9 Å². The Labute approximate surface area is 145 Å². The Morgan fingerprint density at radius 2 is 2.08 bits per heavy atom. The Balaban J connectivity index is 1.79. The highest BCUT2D eigenvalue weighted by molar-refractivity contribution is 6.31. The Hall–Kier alpha value is -2.58. The quantitative estimate of drug-likeness (QED) is 0.785. The molecule has 0 spiro atoms. The normalized spacial score (nSPS) is 10.8. The summed E-state index contributed by atoms with van der Waals surface area (Å²) >= 11 is 6.07. The average Bonchev–Trinajstić information content (AvgIpc) is 2.87. The summed E-state index contributed by atoms with van der Waals surface area (Å²) in [7, 11) is 2.01. The number of fused-ring (bicyclic) bond motifs is 1. The molecule has 3 rings (SSSR count). The monoisotopic (exact) mass is 339 g/mol. The standard InChI is InChI=1S/C18H18ClN5/c1-11-12(2)22-23-18(16(11)9-20)21-7-6-13-10-24(3)17-8-14(19)4-5-15(13)17/h4-5,8,10H,6-7H2,1-3H3,(H,21,23). The minimum Gasteiger partial charge on any atom is -0.367 e. The zero-order valence-corrected chi connectivity index (χ0v) is 14.6. The van der Waals surface area contributed by atoms with Gasteiger partial charge in [-0.25, -0.2) is 0 Å². The summed E-state index contributed by atoms with van der Waals surface area (Å²) in [5.41, 5.74) is 4.55. The number of hydrogen-bond acceptors (Lipinski definition) is 4. The lowest BCUT2D eigenvalue weighted by Crippen LogP contribution is -2.10. The number of nitriles is 1. The molecule has 0 aliphatic heterocycles. The number of aryl methyl sites for hydroxylation is 2. The molecule has 3 aromatic rings. The summed E-state index contributed by atoms with van der Waals surface area (Å²) in [5, 5.41) is 22.7. The number of nitrogens with zero attached hydrogens (tertiary/aromatic N) is 4. The molecule has 1 N–H and O–H groups in total. The third kappa shape index (κ3) is 2.93. The minimum atomic E-state index is 0.545. The number of halogens is 1. The molecule has 0 saturated carbocycles. The van der Waals surface area contributed by atoms with E-state index in [0.717, 1.165) is 28.2 Å². The van der Waals surface area contributed by atoms with Gasteiger partial charge in [0.15, 0.2) is 5.82 Å². The van der Waals surface area contributed by atoms with Gasteiger partial charge >= 0.3 is 0 Å². The van der Waals surface area contributed by atoms with Crippen LogP contribution in [0.4, 0.5) is 5.82 Å². The second-order valence-electron chi connectivity index (χ2n) is 5.85. The van der Waals surface area contributed by atoms with Crippen LogP contribution >= 0.6 is 11.6 Å². The highest BCUT2D eigenvalue weighted by Gasteiger charge is 2.11. The minimum absolute atomic E-state index is 0.545. The van der Waals surface area contributed by atoms with Crippen molar-refractivity contribution in [3.8, 4) is 6.07 Å². The molecule has 0 saturated heterocycles. The van der Waals surface area contributed by atoms with Crippen LogP contribution < -0.4 is 5.32 Å². The van der Waals surface area contributed by atoms with Gasteiger partial charge in [-0.15, -0.1) is 5.10 Å². The lowest BCUT2D eigenvalue weighted by molar-refractivity contribution is 0.918. The SMILES string of the molecule is Cc1nnc(NCCc2cn(C)c3cc(Cl)ccc23)c(C#N)c1C. The van der Waals surface area contributed by atoms with Gasteiger partial charge in [-0.2, -0.15) is 10.4 Å². The van der Waals surface area contributed by atoms with Crippen molar-refractivity contribution in [2.45, 2.75) is 20.3 Å². The fraction of sp³-hybridized carbons (Fsp3) is 0.278. The first-order valence-electron chi connectivity index (χ1n) is 7.72. The van der Waals surface area contributed by atoms with E-state index in [-0.39, 0.29) is 0 Å². The van der Waals surface area contributed by atoms with Crippen LogP contribution in [-0.4, -0.2) is 21.3 Å². The van der Waals surface area contributed by atoms with Gasteiger partial charge in [0.05, 0.1) is 5.69 Å². The summed E-state index contributed by atoms with van der Waals surface area (Å²) in [6, 6.07) is 8.13. The van der Waals surface area contributed by atoms with Crippen molar-refractivity contribution in [1.29, 1.82) is 5.26 Å². The van der Waals surface area contributed by atoms with E-state index in [9.17, 15) is 5.26 Å². The lowest BCUT2D eigenvalue weighted by atomic mass is 10.1. The molecule has 1 aromatic carbocycles. The Bertz CT molecular complexity index is 952. The van der Waals surface area contributed by atoms with Crippen LogP contribution in [0.3, 0.4) is 0 Å². The predicted octanol–water partition coefficient (Wildman–Crippen LogP) is 3.76. The van der Waals surface area contributed by atoms with Crippen LogP contribution in [0.2, 0.25) is 5.02 Å². The molecule has 0 bridgehead atoms. The number of rotatable bonds is 4. The second kappa shape index (κ2) is 6.50. The molecule has 0 amide bonds. The molecule has 6 heteroatoms. The number of anilines is 1. The molecule has 0 radical (unpaired) electrons. The van der Waals surface area contributed by atoms with Crippen molar-refractivity contribution in [2.24, 2.45) is 7.05 Å². The van der Waals surface area contributed by atoms with E-state index in [1.54, 1.807) is 0 Å². The first-order chi connectivity index (χ1) is 11.5. The molecule has 122 valence electrons. The van der Waals surface area contributed by atoms with Crippen molar-refractivity contribution >= 4 is 28.3 Å². The number of hydrogen-bond donors (Lipinski definition) is 1. The molecule has 24 heavy (non-hydrogen) atoms. The Morgan fingerprint density at radius 3 is 2.83 bits per heavy atom. The van der Waals surface area contributed by atoms with Crippen molar-refractivity contribution in [3.63, 3.8) is 0 Å². The zero-order valence-electron chi connectivity index (χ0n) is 13.9. The third-order valence-electron chi connectivity index (χ3n) is 4.29. The van der Waals surface area contributed by atoms with E-state index >= 15 is 0 Å². The zero-order chi connectivity index (χ0) is 17.3. The molecular weight excluding hydrogens is 322 g/mol. The van der Waals surface area contributed by atoms with Gasteiger partial charge in [-0.3, -0.25) is 0 Å². The van der Waals surface area contributed by atoms with Crippen LogP contribution in [0.1, 0.15) is 22.4 Å². The van der Waals surface area contributed by atoms with Gasteiger partial charge in [0.1, 0.15) is 11.6 Å². The number of aromatic nitrogens is 3. The molecule has 5 nitrogen and oxygen atoms in total. The molecule has 2 heterocycles. The first-order valence-corrected chi connectivity index (χ1v) is 8.10. The molecule has 0 atom stereocenters. The maximum atomic E-state index is 9.34. The maximum absolute atomic E-state index is 9.34. The second-order valence-corrected chi connectivity index (χ2v) is 6.29. The van der Waals surface area contributed by atoms with E-state index in [4.69, 9.17) is 11.6 Å². The van der Waals surface area contributed by atoms with Gasteiger partial charge in [0.25, 0.3) is 0 Å². The van der Waals surface area contributed by atoms with Crippen molar-refractivity contribution < 1.29 is 0 Å². The molecule has 2 aromatic heterocycles. The molecule has 0 aliphatic rings. The van der Waals surface area contributed by atoms with Crippen LogP contribution in [0.15, 0.2) is 24.4 Å². The smallest absolute Gasteiger partial charge is 0.166 e. The summed E-state index contributed by atoms with van der Waals surface area (Å²) in [5.74, 6) is 0.545. The molecule has 0 fully saturated rings.